The van der Waals surface area contributed by atoms with E-state index in [0.717, 1.165) is 48.1 Å². The highest BCUT2D eigenvalue weighted by Gasteiger charge is 2.23. The number of aromatic nitrogens is 6. The standard InChI is InChI=1S/C21H26N8O2/c1-30-12-13-31-15-4-2-14(3-5-15)24-21-26-20(22)19-16(7-10-29(19)27-21)17-8-11-28-18(25-17)6-9-23-28/h6-11,14-15H,2-5,12-13H2,1H3,(H3,22,24,26,27). The Balaban J connectivity index is 1.31. The van der Waals surface area contributed by atoms with E-state index in [1.807, 2.05) is 30.6 Å². The van der Waals surface area contributed by atoms with E-state index in [4.69, 9.17) is 15.2 Å². The van der Waals surface area contributed by atoms with Gasteiger partial charge in [0.1, 0.15) is 5.52 Å². The quantitative estimate of drug-likeness (QED) is 0.436. The Kier molecular flexibility index (Phi) is 5.39. The Labute approximate surface area is 179 Å². The Morgan fingerprint density at radius 1 is 1.06 bits per heavy atom. The number of hydrogen-bond donors (Lipinski definition) is 2. The monoisotopic (exact) mass is 422 g/mol. The summed E-state index contributed by atoms with van der Waals surface area (Å²) in [5.41, 5.74) is 9.55. The summed E-state index contributed by atoms with van der Waals surface area (Å²) < 4.78 is 14.4. The lowest BCUT2D eigenvalue weighted by Crippen LogP contribution is -2.31. The Hall–Kier alpha value is -3.24. The molecule has 0 radical (unpaired) electrons. The molecule has 31 heavy (non-hydrogen) atoms. The first-order chi connectivity index (χ1) is 15.2. The van der Waals surface area contributed by atoms with Crippen molar-refractivity contribution in [2.75, 3.05) is 31.4 Å². The highest BCUT2D eigenvalue weighted by Crippen LogP contribution is 2.29. The van der Waals surface area contributed by atoms with E-state index in [1.165, 1.54) is 0 Å². The number of hydrogen-bond acceptors (Lipinski definition) is 8. The first-order valence-corrected chi connectivity index (χ1v) is 10.5. The van der Waals surface area contributed by atoms with Gasteiger partial charge in [0.15, 0.2) is 11.5 Å². The van der Waals surface area contributed by atoms with Gasteiger partial charge >= 0.3 is 0 Å². The summed E-state index contributed by atoms with van der Waals surface area (Å²) in [6.45, 7) is 1.28. The predicted molar refractivity (Wildman–Crippen MR) is 117 cm³/mol. The maximum Gasteiger partial charge on any atom is 0.243 e. The molecule has 10 heteroatoms. The third-order valence-corrected chi connectivity index (χ3v) is 5.72. The molecule has 4 aromatic heterocycles. The average molecular weight is 422 g/mol. The molecule has 1 aliphatic carbocycles. The Bertz CT molecular complexity index is 1180. The van der Waals surface area contributed by atoms with Crippen LogP contribution >= 0.6 is 0 Å². The maximum absolute atomic E-state index is 6.34. The van der Waals surface area contributed by atoms with Crippen LogP contribution in [0.5, 0.6) is 0 Å². The van der Waals surface area contributed by atoms with Gasteiger partial charge in [-0.1, -0.05) is 0 Å². The lowest BCUT2D eigenvalue weighted by molar-refractivity contribution is -0.00158. The first-order valence-electron chi connectivity index (χ1n) is 10.5. The molecule has 5 rings (SSSR count). The molecule has 0 spiro atoms. The predicted octanol–water partition coefficient (Wildman–Crippen LogP) is 2.41. The molecular formula is C21H26N8O2. The first kappa shape index (κ1) is 19.7. The number of rotatable bonds is 7. The van der Waals surface area contributed by atoms with E-state index in [2.05, 4.69) is 25.5 Å². The van der Waals surface area contributed by atoms with E-state index >= 15 is 0 Å². The molecule has 0 unspecified atom stereocenters. The number of nitrogens with zero attached hydrogens (tertiary/aromatic N) is 6. The summed E-state index contributed by atoms with van der Waals surface area (Å²) in [5, 5.41) is 12.3. The molecule has 1 saturated carbocycles. The summed E-state index contributed by atoms with van der Waals surface area (Å²) in [6.07, 6.45) is 9.81. The SMILES string of the molecule is COCCOC1CCC(Nc2nc(N)c3c(-c4ccn5nccc5n4)ccn3n2)CC1. The maximum atomic E-state index is 6.34. The normalized spacial score (nSPS) is 19.3. The van der Waals surface area contributed by atoms with Gasteiger partial charge in [-0.25, -0.2) is 14.0 Å². The van der Waals surface area contributed by atoms with Crippen LogP contribution in [0.1, 0.15) is 25.7 Å². The van der Waals surface area contributed by atoms with E-state index in [1.54, 1.807) is 22.3 Å². The minimum Gasteiger partial charge on any atom is -0.382 e. The van der Waals surface area contributed by atoms with Crippen LogP contribution in [-0.2, 0) is 9.47 Å². The average Bonchev–Trinajstić information content (AvgIpc) is 3.42. The van der Waals surface area contributed by atoms with Gasteiger partial charge < -0.3 is 20.5 Å². The van der Waals surface area contributed by atoms with Crippen molar-refractivity contribution in [2.45, 2.75) is 37.8 Å². The van der Waals surface area contributed by atoms with Crippen LogP contribution in [0, 0.1) is 0 Å². The molecule has 0 amide bonds. The summed E-state index contributed by atoms with van der Waals surface area (Å²) >= 11 is 0. The van der Waals surface area contributed by atoms with Crippen LogP contribution in [0.3, 0.4) is 0 Å². The fourth-order valence-corrected chi connectivity index (χ4v) is 4.14. The second kappa shape index (κ2) is 8.48. The number of methoxy groups -OCH3 is 1. The summed E-state index contributed by atoms with van der Waals surface area (Å²) in [5.74, 6) is 0.958. The van der Waals surface area contributed by atoms with Gasteiger partial charge in [-0.15, -0.1) is 5.10 Å². The van der Waals surface area contributed by atoms with Gasteiger partial charge in [-0.3, -0.25) is 0 Å². The third-order valence-electron chi connectivity index (χ3n) is 5.72. The van der Waals surface area contributed by atoms with Gasteiger partial charge in [0.25, 0.3) is 0 Å². The van der Waals surface area contributed by atoms with Gasteiger partial charge in [-0.2, -0.15) is 10.1 Å². The minimum atomic E-state index is 0.300. The van der Waals surface area contributed by atoms with Gasteiger partial charge in [-0.05, 0) is 37.8 Å². The summed E-state index contributed by atoms with van der Waals surface area (Å²) in [4.78, 5) is 9.19. The Morgan fingerprint density at radius 2 is 1.90 bits per heavy atom. The van der Waals surface area contributed by atoms with Crippen LogP contribution in [0.15, 0.2) is 36.8 Å². The minimum absolute atomic E-state index is 0.300. The molecule has 1 fully saturated rings. The van der Waals surface area contributed by atoms with E-state index in [0.29, 0.717) is 37.1 Å². The zero-order valence-corrected chi connectivity index (χ0v) is 17.4. The van der Waals surface area contributed by atoms with Crippen molar-refractivity contribution in [1.29, 1.82) is 0 Å². The molecule has 4 aromatic rings. The molecule has 0 aromatic carbocycles. The van der Waals surface area contributed by atoms with E-state index in [9.17, 15) is 0 Å². The summed E-state index contributed by atoms with van der Waals surface area (Å²) in [7, 11) is 1.69. The molecule has 3 N–H and O–H groups in total. The largest absolute Gasteiger partial charge is 0.382 e. The lowest BCUT2D eigenvalue weighted by atomic mass is 9.93. The summed E-state index contributed by atoms with van der Waals surface area (Å²) in [6, 6.07) is 6.04. The van der Waals surface area contributed by atoms with Crippen molar-refractivity contribution < 1.29 is 9.47 Å². The number of fused-ring (bicyclic) bond motifs is 2. The lowest BCUT2D eigenvalue weighted by Gasteiger charge is -2.29. The third kappa shape index (κ3) is 4.04. The van der Waals surface area contributed by atoms with Crippen molar-refractivity contribution >= 4 is 22.9 Å². The van der Waals surface area contributed by atoms with Crippen LogP contribution in [-0.4, -0.2) is 61.7 Å². The van der Waals surface area contributed by atoms with E-state index in [-0.39, 0.29) is 0 Å². The molecule has 1 aliphatic rings. The molecule has 0 bridgehead atoms. The second-order valence-electron chi connectivity index (χ2n) is 7.77. The topological polar surface area (TPSA) is 117 Å². The van der Waals surface area contributed by atoms with Gasteiger partial charge in [0.2, 0.25) is 5.95 Å². The second-order valence-corrected chi connectivity index (χ2v) is 7.77. The molecular weight excluding hydrogens is 396 g/mol. The molecule has 0 saturated heterocycles. The molecule has 0 atom stereocenters. The highest BCUT2D eigenvalue weighted by atomic mass is 16.5. The molecule has 4 heterocycles. The van der Waals surface area contributed by atoms with Crippen LogP contribution in [0.2, 0.25) is 0 Å². The van der Waals surface area contributed by atoms with E-state index < -0.39 is 0 Å². The van der Waals surface area contributed by atoms with Crippen LogP contribution in [0.25, 0.3) is 22.4 Å². The smallest absolute Gasteiger partial charge is 0.243 e. The number of anilines is 2. The number of nitrogens with one attached hydrogen (secondary N) is 1. The van der Waals surface area contributed by atoms with Gasteiger partial charge in [0.05, 0.1) is 31.2 Å². The Morgan fingerprint density at radius 3 is 2.74 bits per heavy atom. The van der Waals surface area contributed by atoms with Crippen molar-refractivity contribution in [3.05, 3.63) is 36.8 Å². The number of nitrogen functional groups attached to an aromatic ring is 1. The molecule has 10 nitrogen and oxygen atoms in total. The number of ether oxygens (including phenoxy) is 2. The van der Waals surface area contributed by atoms with Crippen molar-refractivity contribution in [1.82, 2.24) is 29.2 Å². The molecule has 0 aliphatic heterocycles. The fraction of sp³-hybridized carbons (Fsp3) is 0.429. The number of nitrogens with two attached hydrogens (primary N) is 1. The zero-order valence-electron chi connectivity index (χ0n) is 17.4. The highest BCUT2D eigenvalue weighted by molar-refractivity contribution is 5.86. The molecule has 162 valence electrons. The van der Waals surface area contributed by atoms with Crippen molar-refractivity contribution in [2.24, 2.45) is 0 Å². The van der Waals surface area contributed by atoms with Crippen molar-refractivity contribution in [3.8, 4) is 11.3 Å². The van der Waals surface area contributed by atoms with Gasteiger partial charge in [0, 0.05) is 37.2 Å². The van der Waals surface area contributed by atoms with Crippen LogP contribution < -0.4 is 11.1 Å². The zero-order chi connectivity index (χ0) is 21.2. The van der Waals surface area contributed by atoms with Crippen LogP contribution in [0.4, 0.5) is 11.8 Å². The fourth-order valence-electron chi connectivity index (χ4n) is 4.14. The van der Waals surface area contributed by atoms with Crippen molar-refractivity contribution in [3.63, 3.8) is 0 Å².